The van der Waals surface area contributed by atoms with E-state index in [1.54, 1.807) is 0 Å². The molecule has 5 rings (SSSR count). The van der Waals surface area contributed by atoms with Crippen LogP contribution in [0.1, 0.15) is 0 Å². The molecule has 0 spiro atoms. The van der Waals surface area contributed by atoms with E-state index in [9.17, 15) is 0 Å². The van der Waals surface area contributed by atoms with E-state index in [2.05, 4.69) is 36.4 Å². The number of benzene rings is 3. The topological polar surface area (TPSA) is 26.0 Å². The summed E-state index contributed by atoms with van der Waals surface area (Å²) in [7, 11) is 0. The van der Waals surface area contributed by atoms with Crippen LogP contribution in [0.5, 0.6) is 0 Å². The van der Waals surface area contributed by atoms with E-state index in [4.69, 9.17) is 9.40 Å². The molecule has 0 amide bonds. The molecule has 0 bridgehead atoms. The molecule has 0 saturated carbocycles. The van der Waals surface area contributed by atoms with Gasteiger partial charge in [-0.2, -0.15) is 0 Å². The quantitative estimate of drug-likeness (QED) is 0.390. The van der Waals surface area contributed by atoms with Gasteiger partial charge in [-0.05, 0) is 12.1 Å². The van der Waals surface area contributed by atoms with Crippen LogP contribution in [0.3, 0.4) is 0 Å². The van der Waals surface area contributed by atoms with E-state index < -0.39 is 0 Å². The zero-order valence-electron chi connectivity index (χ0n) is 12.4. The minimum Gasteiger partial charge on any atom is -0.454 e. The van der Waals surface area contributed by atoms with Crippen molar-refractivity contribution < 1.29 is 4.42 Å². The molecule has 0 fully saturated rings. The highest BCUT2D eigenvalue weighted by molar-refractivity contribution is 6.20. The average molecular weight is 295 g/mol. The molecule has 23 heavy (non-hydrogen) atoms. The summed E-state index contributed by atoms with van der Waals surface area (Å²) < 4.78 is 6.18. The van der Waals surface area contributed by atoms with E-state index >= 15 is 0 Å². The smallest absolute Gasteiger partial charge is 0.162 e. The van der Waals surface area contributed by atoms with Gasteiger partial charge in [0.25, 0.3) is 0 Å². The third-order valence-corrected chi connectivity index (χ3v) is 4.26. The maximum Gasteiger partial charge on any atom is 0.162 e. The number of nitrogens with zero attached hydrogens (tertiary/aromatic N) is 1. The zero-order valence-corrected chi connectivity index (χ0v) is 12.4. The maximum atomic E-state index is 6.18. The maximum absolute atomic E-state index is 6.18. The van der Waals surface area contributed by atoms with Crippen LogP contribution in [0.15, 0.2) is 83.3 Å². The highest BCUT2D eigenvalue weighted by Crippen LogP contribution is 2.38. The molecular formula is C21H13NO. The van der Waals surface area contributed by atoms with Crippen LogP contribution < -0.4 is 0 Å². The normalized spacial score (nSPS) is 11.5. The predicted molar refractivity (Wildman–Crippen MR) is 94.5 cm³/mol. The molecule has 0 unspecified atom stereocenters. The molecule has 0 aliphatic rings. The summed E-state index contributed by atoms with van der Waals surface area (Å²) in [5.41, 5.74) is 4.72. The van der Waals surface area contributed by atoms with Crippen LogP contribution in [-0.2, 0) is 0 Å². The molecule has 3 aromatic carbocycles. The lowest BCUT2D eigenvalue weighted by Crippen LogP contribution is -1.87. The number of hydrogen-bond acceptors (Lipinski definition) is 2. The molecule has 2 aromatic heterocycles. The van der Waals surface area contributed by atoms with Gasteiger partial charge in [0.05, 0.1) is 5.52 Å². The molecule has 0 N–H and O–H groups in total. The summed E-state index contributed by atoms with van der Waals surface area (Å²) in [6.45, 7) is 0. The van der Waals surface area contributed by atoms with Crippen molar-refractivity contribution in [3.63, 3.8) is 0 Å². The first-order chi connectivity index (χ1) is 11.4. The lowest BCUT2D eigenvalue weighted by atomic mass is 10.0. The summed E-state index contributed by atoms with van der Waals surface area (Å²) in [5, 5.41) is 3.41. The summed E-state index contributed by atoms with van der Waals surface area (Å²) in [5.74, 6) is 0. The molecule has 0 aliphatic carbocycles. The van der Waals surface area contributed by atoms with Crippen LogP contribution in [0, 0.1) is 0 Å². The Balaban J connectivity index is 2.05. The molecule has 2 heterocycles. The van der Waals surface area contributed by atoms with Gasteiger partial charge in [0, 0.05) is 21.7 Å². The lowest BCUT2D eigenvalue weighted by molar-refractivity contribution is 0.669. The fraction of sp³-hybridized carbons (Fsp3) is 0. The number of rotatable bonds is 1. The Bertz CT molecular complexity index is 1160. The molecule has 2 nitrogen and oxygen atoms in total. The average Bonchev–Trinajstić information content (AvgIpc) is 3.01. The van der Waals surface area contributed by atoms with Crippen molar-refractivity contribution in [3.05, 3.63) is 78.9 Å². The largest absolute Gasteiger partial charge is 0.454 e. The third-order valence-electron chi connectivity index (χ3n) is 4.26. The van der Waals surface area contributed by atoms with Crippen molar-refractivity contribution in [2.45, 2.75) is 0 Å². The fourth-order valence-corrected chi connectivity index (χ4v) is 3.23. The summed E-state index contributed by atoms with van der Waals surface area (Å²) in [6.07, 6.45) is 0. The SMILES string of the molecule is c1ccc(-c2nc3ccccc3c3c2oc2ccccc23)cc1. The molecule has 0 radical (unpaired) electrons. The second-order valence-corrected chi connectivity index (χ2v) is 5.65. The minimum atomic E-state index is 0.858. The first kappa shape index (κ1) is 12.4. The molecule has 5 aromatic rings. The van der Waals surface area contributed by atoms with Crippen LogP contribution in [0.2, 0.25) is 0 Å². The van der Waals surface area contributed by atoms with Gasteiger partial charge < -0.3 is 4.42 Å². The summed E-state index contributed by atoms with van der Waals surface area (Å²) >= 11 is 0. The van der Waals surface area contributed by atoms with E-state index in [0.29, 0.717) is 0 Å². The van der Waals surface area contributed by atoms with Gasteiger partial charge in [0.2, 0.25) is 0 Å². The first-order valence-corrected chi connectivity index (χ1v) is 7.67. The number of fused-ring (bicyclic) bond motifs is 5. The van der Waals surface area contributed by atoms with E-state index in [1.165, 1.54) is 0 Å². The number of hydrogen-bond donors (Lipinski definition) is 0. The Labute approximate surface area is 133 Å². The third kappa shape index (κ3) is 1.78. The molecule has 0 saturated heterocycles. The highest BCUT2D eigenvalue weighted by atomic mass is 16.3. The van der Waals surface area contributed by atoms with Crippen molar-refractivity contribution in [2.24, 2.45) is 0 Å². The molecule has 0 atom stereocenters. The Hall–Kier alpha value is -3.13. The van der Waals surface area contributed by atoms with E-state index in [1.807, 2.05) is 42.5 Å². The predicted octanol–water partition coefficient (Wildman–Crippen LogP) is 5.80. The zero-order chi connectivity index (χ0) is 15.2. The van der Waals surface area contributed by atoms with Gasteiger partial charge in [0.15, 0.2) is 5.58 Å². The molecule has 0 aliphatic heterocycles. The molecule has 108 valence electrons. The highest BCUT2D eigenvalue weighted by Gasteiger charge is 2.16. The Morgan fingerprint density at radius 3 is 2.22 bits per heavy atom. The summed E-state index contributed by atoms with van der Waals surface area (Å²) in [6, 6.07) is 26.6. The van der Waals surface area contributed by atoms with Crippen molar-refractivity contribution in [3.8, 4) is 11.3 Å². The Kier molecular flexibility index (Phi) is 2.53. The summed E-state index contributed by atoms with van der Waals surface area (Å²) in [4.78, 5) is 4.88. The Morgan fingerprint density at radius 2 is 1.35 bits per heavy atom. The minimum absolute atomic E-state index is 0.858. The second-order valence-electron chi connectivity index (χ2n) is 5.65. The van der Waals surface area contributed by atoms with Gasteiger partial charge in [-0.1, -0.05) is 66.7 Å². The number of aromatic nitrogens is 1. The lowest BCUT2D eigenvalue weighted by Gasteiger charge is -2.05. The van der Waals surface area contributed by atoms with Crippen molar-refractivity contribution in [2.75, 3.05) is 0 Å². The number of pyridine rings is 1. The van der Waals surface area contributed by atoms with Gasteiger partial charge in [-0.15, -0.1) is 0 Å². The van der Waals surface area contributed by atoms with Gasteiger partial charge >= 0.3 is 0 Å². The monoisotopic (exact) mass is 295 g/mol. The number of para-hydroxylation sites is 2. The second kappa shape index (κ2) is 4.68. The van der Waals surface area contributed by atoms with E-state index in [0.717, 1.165) is 44.1 Å². The van der Waals surface area contributed by atoms with Crippen LogP contribution >= 0.6 is 0 Å². The van der Waals surface area contributed by atoms with Crippen molar-refractivity contribution >= 4 is 32.8 Å². The first-order valence-electron chi connectivity index (χ1n) is 7.67. The van der Waals surface area contributed by atoms with Crippen LogP contribution in [-0.4, -0.2) is 4.98 Å². The van der Waals surface area contributed by atoms with E-state index in [-0.39, 0.29) is 0 Å². The van der Waals surface area contributed by atoms with Crippen molar-refractivity contribution in [1.82, 2.24) is 4.98 Å². The standard InChI is InChI=1S/C21H13NO/c1-2-8-14(9-3-1)20-21-19(15-10-4-6-12-17(15)22-20)16-11-5-7-13-18(16)23-21/h1-13H. The van der Waals surface area contributed by atoms with Crippen LogP contribution in [0.25, 0.3) is 44.1 Å². The van der Waals surface area contributed by atoms with Crippen LogP contribution in [0.4, 0.5) is 0 Å². The fourth-order valence-electron chi connectivity index (χ4n) is 3.23. The molecular weight excluding hydrogens is 282 g/mol. The van der Waals surface area contributed by atoms with Gasteiger partial charge in [-0.25, -0.2) is 4.98 Å². The number of furan rings is 1. The Morgan fingerprint density at radius 1 is 0.652 bits per heavy atom. The van der Waals surface area contributed by atoms with Gasteiger partial charge in [0.1, 0.15) is 11.3 Å². The van der Waals surface area contributed by atoms with Gasteiger partial charge in [-0.3, -0.25) is 0 Å². The molecule has 2 heteroatoms. The van der Waals surface area contributed by atoms with Crippen molar-refractivity contribution in [1.29, 1.82) is 0 Å².